The first-order chi connectivity index (χ1) is 14.0. The van der Waals surface area contributed by atoms with Gasteiger partial charge in [-0.3, -0.25) is 0 Å². The fourth-order valence-electron chi connectivity index (χ4n) is 4.57. The predicted octanol–water partition coefficient (Wildman–Crippen LogP) is 4.72. The van der Waals surface area contributed by atoms with Crippen molar-refractivity contribution < 1.29 is 0 Å². The minimum atomic E-state index is 0.186. The van der Waals surface area contributed by atoms with Crippen LogP contribution in [0.15, 0.2) is 28.4 Å². The van der Waals surface area contributed by atoms with Gasteiger partial charge in [-0.1, -0.05) is 47.8 Å². The molecule has 2 N–H and O–H groups in total. The predicted molar refractivity (Wildman–Crippen MR) is 116 cm³/mol. The van der Waals surface area contributed by atoms with Gasteiger partial charge in [-0.2, -0.15) is 9.61 Å². The fourth-order valence-corrected chi connectivity index (χ4v) is 5.97. The maximum absolute atomic E-state index is 6.31. The number of aromatic nitrogens is 5. The van der Waals surface area contributed by atoms with E-state index in [2.05, 4.69) is 20.0 Å². The molecule has 0 aromatic carbocycles. The third-order valence-corrected chi connectivity index (χ3v) is 8.06. The van der Waals surface area contributed by atoms with Gasteiger partial charge in [0, 0.05) is 24.2 Å². The molecular formula is C19H21Cl2N7S. The highest BCUT2D eigenvalue weighted by Crippen LogP contribution is 2.46. The van der Waals surface area contributed by atoms with Gasteiger partial charge in [0.05, 0.1) is 9.92 Å². The van der Waals surface area contributed by atoms with Crippen LogP contribution in [0.1, 0.15) is 38.5 Å². The van der Waals surface area contributed by atoms with Crippen LogP contribution in [0.2, 0.25) is 10.2 Å². The lowest BCUT2D eigenvalue weighted by atomic mass is 9.77. The third-order valence-electron chi connectivity index (χ3n) is 6.15. The van der Waals surface area contributed by atoms with Crippen LogP contribution in [0.5, 0.6) is 0 Å². The molecule has 10 heteroatoms. The zero-order chi connectivity index (χ0) is 20.0. The average molecular weight is 450 g/mol. The molecule has 7 nitrogen and oxygen atoms in total. The number of hydrogen-bond donors (Lipinski definition) is 1. The van der Waals surface area contributed by atoms with Crippen LogP contribution < -0.4 is 10.6 Å². The molecule has 0 bridgehead atoms. The summed E-state index contributed by atoms with van der Waals surface area (Å²) in [6, 6.07) is 1.70. The Hall–Kier alpha value is -1.77. The second-order valence-electron chi connectivity index (χ2n) is 7.86. The number of nitrogen functional groups attached to an aromatic ring is 1. The molecular weight excluding hydrogens is 429 g/mol. The van der Waals surface area contributed by atoms with Gasteiger partial charge < -0.3 is 10.6 Å². The van der Waals surface area contributed by atoms with E-state index in [0.717, 1.165) is 29.6 Å². The SMILES string of the molecule is Nc1cc(Sc2cnc(N3CCC4(CCCC4)CC3)n3ncnc23)c(Cl)c(Cl)n1. The van der Waals surface area contributed by atoms with Crippen molar-refractivity contribution in [3.8, 4) is 0 Å². The molecule has 2 aliphatic rings. The number of rotatable bonds is 3. The van der Waals surface area contributed by atoms with Gasteiger partial charge in [0.1, 0.15) is 12.1 Å². The van der Waals surface area contributed by atoms with Gasteiger partial charge in [-0.05, 0) is 37.2 Å². The first-order valence-electron chi connectivity index (χ1n) is 9.78. The van der Waals surface area contributed by atoms with Crippen molar-refractivity contribution in [2.75, 3.05) is 23.7 Å². The summed E-state index contributed by atoms with van der Waals surface area (Å²) in [6.07, 6.45) is 11.3. The molecule has 5 rings (SSSR count). The largest absolute Gasteiger partial charge is 0.384 e. The van der Waals surface area contributed by atoms with Gasteiger partial charge >= 0.3 is 0 Å². The smallest absolute Gasteiger partial charge is 0.228 e. The summed E-state index contributed by atoms with van der Waals surface area (Å²) in [4.78, 5) is 17.0. The highest BCUT2D eigenvalue weighted by molar-refractivity contribution is 7.99. The van der Waals surface area contributed by atoms with Gasteiger partial charge in [-0.15, -0.1) is 0 Å². The standard InChI is InChI=1S/C19H21Cl2N7S/c20-15-12(9-14(22)26-16(15)21)29-13-10-23-18(28-17(13)24-11-25-28)27-7-5-19(6-8-27)3-1-2-4-19/h9-11H,1-8H2,(H2,22,26). The van der Waals surface area contributed by atoms with E-state index in [-0.39, 0.29) is 5.15 Å². The first kappa shape index (κ1) is 19.2. The fraction of sp³-hybridized carbons (Fsp3) is 0.474. The summed E-state index contributed by atoms with van der Waals surface area (Å²) in [5.41, 5.74) is 7.12. The topological polar surface area (TPSA) is 85.2 Å². The number of piperidine rings is 1. The van der Waals surface area contributed by atoms with Crippen molar-refractivity contribution in [3.63, 3.8) is 0 Å². The van der Waals surface area contributed by atoms with Crippen LogP contribution in [-0.4, -0.2) is 37.7 Å². The highest BCUT2D eigenvalue weighted by Gasteiger charge is 2.37. The molecule has 0 atom stereocenters. The second-order valence-corrected chi connectivity index (χ2v) is 9.68. The molecule has 3 aromatic rings. The molecule has 1 aliphatic carbocycles. The summed E-state index contributed by atoms with van der Waals surface area (Å²) in [5, 5.41) is 4.99. The Morgan fingerprint density at radius 2 is 1.79 bits per heavy atom. The van der Waals surface area contributed by atoms with E-state index >= 15 is 0 Å². The third kappa shape index (κ3) is 3.51. The maximum Gasteiger partial charge on any atom is 0.228 e. The summed E-state index contributed by atoms with van der Waals surface area (Å²) >= 11 is 13.8. The molecule has 1 spiro atoms. The number of fused-ring (bicyclic) bond motifs is 1. The number of nitrogens with two attached hydrogens (primary N) is 1. The Bertz CT molecular complexity index is 1050. The zero-order valence-corrected chi connectivity index (χ0v) is 18.1. The number of anilines is 2. The van der Waals surface area contributed by atoms with Gasteiger partial charge in [0.25, 0.3) is 0 Å². The molecule has 0 amide bonds. The molecule has 152 valence electrons. The minimum absolute atomic E-state index is 0.186. The summed E-state index contributed by atoms with van der Waals surface area (Å²) in [5.74, 6) is 1.16. The highest BCUT2D eigenvalue weighted by atomic mass is 35.5. The quantitative estimate of drug-likeness (QED) is 0.578. The van der Waals surface area contributed by atoms with Gasteiger partial charge in [0.2, 0.25) is 5.95 Å². The van der Waals surface area contributed by atoms with Crippen LogP contribution in [0.3, 0.4) is 0 Å². The van der Waals surface area contributed by atoms with Crippen molar-refractivity contribution >= 4 is 52.4 Å². The Morgan fingerprint density at radius 3 is 2.55 bits per heavy atom. The lowest BCUT2D eigenvalue weighted by molar-refractivity contribution is 0.225. The van der Waals surface area contributed by atoms with Crippen LogP contribution in [-0.2, 0) is 0 Å². The lowest BCUT2D eigenvalue weighted by Gasteiger charge is -2.39. The summed E-state index contributed by atoms with van der Waals surface area (Å²) < 4.78 is 1.81. The van der Waals surface area contributed by atoms with Crippen molar-refractivity contribution in [1.82, 2.24) is 24.6 Å². The summed E-state index contributed by atoms with van der Waals surface area (Å²) in [7, 11) is 0. The van der Waals surface area contributed by atoms with Gasteiger partial charge in [-0.25, -0.2) is 15.0 Å². The number of nitrogens with zero attached hydrogens (tertiary/aromatic N) is 6. The number of halogens is 2. The van der Waals surface area contributed by atoms with E-state index in [9.17, 15) is 0 Å². The van der Waals surface area contributed by atoms with Crippen molar-refractivity contribution in [3.05, 3.63) is 28.8 Å². The van der Waals surface area contributed by atoms with E-state index in [1.807, 2.05) is 10.7 Å². The first-order valence-corrected chi connectivity index (χ1v) is 11.3. The van der Waals surface area contributed by atoms with Crippen LogP contribution >= 0.6 is 35.0 Å². The molecule has 0 radical (unpaired) electrons. The van der Waals surface area contributed by atoms with E-state index < -0.39 is 0 Å². The molecule has 29 heavy (non-hydrogen) atoms. The summed E-state index contributed by atoms with van der Waals surface area (Å²) in [6.45, 7) is 2.02. The van der Waals surface area contributed by atoms with Crippen molar-refractivity contribution in [2.24, 2.45) is 5.41 Å². The number of hydrogen-bond acceptors (Lipinski definition) is 7. The van der Waals surface area contributed by atoms with Crippen molar-refractivity contribution in [1.29, 1.82) is 0 Å². The Balaban J connectivity index is 1.43. The monoisotopic (exact) mass is 449 g/mol. The van der Waals surface area contributed by atoms with Crippen molar-refractivity contribution in [2.45, 2.75) is 48.3 Å². The van der Waals surface area contributed by atoms with E-state index in [1.165, 1.54) is 50.3 Å². The molecule has 1 saturated heterocycles. The van der Waals surface area contributed by atoms with E-state index in [4.69, 9.17) is 33.9 Å². The minimum Gasteiger partial charge on any atom is -0.384 e. The molecule has 4 heterocycles. The molecule has 0 unspecified atom stereocenters. The Kier molecular flexibility index (Phi) is 4.96. The normalized spacial score (nSPS) is 18.8. The van der Waals surface area contributed by atoms with Crippen LogP contribution in [0.25, 0.3) is 5.65 Å². The van der Waals surface area contributed by atoms with Gasteiger partial charge in [0.15, 0.2) is 10.8 Å². The number of pyridine rings is 1. The van der Waals surface area contributed by atoms with Crippen LogP contribution in [0, 0.1) is 5.41 Å². The molecule has 2 fully saturated rings. The molecule has 3 aromatic heterocycles. The Morgan fingerprint density at radius 1 is 1.03 bits per heavy atom. The molecule has 1 aliphatic heterocycles. The second kappa shape index (κ2) is 7.49. The van der Waals surface area contributed by atoms with E-state index in [0.29, 0.717) is 21.2 Å². The zero-order valence-electron chi connectivity index (χ0n) is 15.8. The average Bonchev–Trinajstić information content (AvgIpc) is 3.37. The van der Waals surface area contributed by atoms with E-state index in [1.54, 1.807) is 12.4 Å². The maximum atomic E-state index is 6.31. The Labute approximate surface area is 183 Å². The lowest BCUT2D eigenvalue weighted by Crippen LogP contribution is -2.40. The van der Waals surface area contributed by atoms with Crippen LogP contribution in [0.4, 0.5) is 11.8 Å². The molecule has 1 saturated carbocycles.